The van der Waals surface area contributed by atoms with E-state index in [1.165, 1.54) is 0 Å². The molecule has 1 atom stereocenters. The molecule has 4 heteroatoms. The average Bonchev–Trinajstić information content (AvgIpc) is 2.36. The Morgan fingerprint density at radius 2 is 1.95 bits per heavy atom. The van der Waals surface area contributed by atoms with Crippen molar-refractivity contribution in [2.24, 2.45) is 5.92 Å². The molecule has 0 fully saturated rings. The van der Waals surface area contributed by atoms with Crippen molar-refractivity contribution in [1.29, 1.82) is 0 Å². The lowest BCUT2D eigenvalue weighted by Gasteiger charge is -2.19. The van der Waals surface area contributed by atoms with E-state index in [9.17, 15) is 9.90 Å². The van der Waals surface area contributed by atoms with Gasteiger partial charge in [0.05, 0.1) is 19.1 Å². The largest absolute Gasteiger partial charge is 0.481 e. The van der Waals surface area contributed by atoms with Crippen molar-refractivity contribution in [3.8, 4) is 0 Å². The van der Waals surface area contributed by atoms with Crippen molar-refractivity contribution in [3.05, 3.63) is 48.0 Å². The number of carboxylic acid groups (broad SMARTS) is 1. The molecule has 0 unspecified atom stereocenters. The summed E-state index contributed by atoms with van der Waals surface area (Å²) in [7, 11) is -1.38. The number of benzene rings is 1. The van der Waals surface area contributed by atoms with E-state index >= 15 is 0 Å². The van der Waals surface area contributed by atoms with Crippen molar-refractivity contribution in [2.75, 3.05) is 6.61 Å². The zero-order valence-electron chi connectivity index (χ0n) is 12.5. The molecule has 3 nitrogen and oxygen atoms in total. The molecule has 0 amide bonds. The van der Waals surface area contributed by atoms with Gasteiger partial charge in [-0.15, -0.1) is 0 Å². The number of ether oxygens (including phenoxy) is 1. The molecule has 0 aliphatic rings. The Morgan fingerprint density at radius 3 is 2.50 bits per heavy atom. The van der Waals surface area contributed by atoms with Gasteiger partial charge in [-0.3, -0.25) is 4.79 Å². The van der Waals surface area contributed by atoms with Crippen molar-refractivity contribution in [3.63, 3.8) is 0 Å². The van der Waals surface area contributed by atoms with Crippen LogP contribution in [0.25, 0.3) is 0 Å². The van der Waals surface area contributed by atoms with Crippen LogP contribution in [0.4, 0.5) is 0 Å². The molecule has 0 spiro atoms. The van der Waals surface area contributed by atoms with Gasteiger partial charge in [0.15, 0.2) is 0 Å². The molecule has 110 valence electrons. The Balaban J connectivity index is 2.36. The average molecular weight is 292 g/mol. The molecule has 0 saturated heterocycles. The van der Waals surface area contributed by atoms with Crippen molar-refractivity contribution >= 4 is 14.0 Å². The summed E-state index contributed by atoms with van der Waals surface area (Å²) in [5, 5.41) is 9.20. The van der Waals surface area contributed by atoms with Gasteiger partial charge in [-0.2, -0.15) is 0 Å². The van der Waals surface area contributed by atoms with E-state index in [4.69, 9.17) is 4.74 Å². The van der Waals surface area contributed by atoms with Crippen LogP contribution in [0.1, 0.15) is 5.56 Å². The molecule has 0 saturated carbocycles. The normalized spacial score (nSPS) is 13.6. The van der Waals surface area contributed by atoms with Crippen LogP contribution >= 0.6 is 0 Å². The van der Waals surface area contributed by atoms with Crippen molar-refractivity contribution in [1.82, 2.24) is 0 Å². The SMILES string of the molecule is C[Si](C)(C)C[C@@H](/C=C\COCc1ccccc1)C(=O)O. The summed E-state index contributed by atoms with van der Waals surface area (Å²) in [6.07, 6.45) is 3.59. The highest BCUT2D eigenvalue weighted by Gasteiger charge is 2.23. The predicted octanol–water partition coefficient (Wildman–Crippen LogP) is 3.80. The lowest BCUT2D eigenvalue weighted by molar-refractivity contribution is -0.139. The molecule has 1 aromatic carbocycles. The number of aliphatic carboxylic acids is 1. The monoisotopic (exact) mass is 292 g/mol. The second-order valence-electron chi connectivity index (χ2n) is 6.14. The minimum atomic E-state index is -1.38. The first-order valence-electron chi connectivity index (χ1n) is 6.89. The van der Waals surface area contributed by atoms with Crippen LogP contribution in [-0.2, 0) is 16.1 Å². The van der Waals surface area contributed by atoms with Gasteiger partial charge < -0.3 is 9.84 Å². The maximum atomic E-state index is 11.2. The second kappa shape index (κ2) is 8.02. The molecule has 0 heterocycles. The number of hydrogen-bond acceptors (Lipinski definition) is 2. The fourth-order valence-electron chi connectivity index (χ4n) is 1.94. The van der Waals surface area contributed by atoms with E-state index in [1.54, 1.807) is 6.08 Å². The Bertz CT molecular complexity index is 435. The summed E-state index contributed by atoms with van der Waals surface area (Å²) in [6, 6.07) is 10.7. The summed E-state index contributed by atoms with van der Waals surface area (Å²) in [4.78, 5) is 11.2. The third-order valence-corrected chi connectivity index (χ3v) is 4.51. The topological polar surface area (TPSA) is 46.5 Å². The Hall–Kier alpha value is -1.39. The van der Waals surface area contributed by atoms with Crippen LogP contribution in [0.15, 0.2) is 42.5 Å². The van der Waals surface area contributed by atoms with Gasteiger partial charge in [-0.25, -0.2) is 0 Å². The third kappa shape index (κ3) is 7.26. The van der Waals surface area contributed by atoms with Gasteiger partial charge in [0.1, 0.15) is 0 Å². The van der Waals surface area contributed by atoms with Crippen LogP contribution in [-0.4, -0.2) is 25.8 Å². The Kier molecular flexibility index (Phi) is 6.68. The van der Waals surface area contributed by atoms with Crippen LogP contribution in [0.2, 0.25) is 25.7 Å². The Labute approximate surface area is 122 Å². The molecule has 0 radical (unpaired) electrons. The van der Waals surface area contributed by atoms with E-state index in [2.05, 4.69) is 19.6 Å². The van der Waals surface area contributed by atoms with Crippen molar-refractivity contribution in [2.45, 2.75) is 32.3 Å². The van der Waals surface area contributed by atoms with Gasteiger partial charge in [-0.05, 0) is 11.6 Å². The molecule has 0 aliphatic heterocycles. The van der Waals surface area contributed by atoms with Crippen LogP contribution < -0.4 is 0 Å². The second-order valence-corrected chi connectivity index (χ2v) is 11.7. The lowest BCUT2D eigenvalue weighted by Crippen LogP contribution is -2.27. The summed E-state index contributed by atoms with van der Waals surface area (Å²) in [6.45, 7) is 7.55. The summed E-state index contributed by atoms with van der Waals surface area (Å²) in [5.74, 6) is -1.13. The number of rotatable bonds is 8. The highest BCUT2D eigenvalue weighted by Crippen LogP contribution is 2.18. The number of carboxylic acids is 1. The first-order chi connectivity index (χ1) is 9.38. The first-order valence-corrected chi connectivity index (χ1v) is 10.6. The van der Waals surface area contributed by atoms with Crippen LogP contribution in [0.3, 0.4) is 0 Å². The van der Waals surface area contributed by atoms with E-state index in [-0.39, 0.29) is 5.92 Å². The van der Waals surface area contributed by atoms with E-state index in [0.29, 0.717) is 13.2 Å². The molecule has 1 aromatic rings. The fourth-order valence-corrected chi connectivity index (χ4v) is 3.57. The van der Waals surface area contributed by atoms with E-state index in [0.717, 1.165) is 11.6 Å². The van der Waals surface area contributed by atoms with Gasteiger partial charge >= 0.3 is 5.97 Å². The lowest BCUT2D eigenvalue weighted by atomic mass is 10.1. The minimum Gasteiger partial charge on any atom is -0.481 e. The van der Waals surface area contributed by atoms with Gasteiger partial charge in [0.25, 0.3) is 0 Å². The zero-order chi connectivity index (χ0) is 15.0. The van der Waals surface area contributed by atoms with Gasteiger partial charge in [0, 0.05) is 8.07 Å². The van der Waals surface area contributed by atoms with Crippen LogP contribution in [0, 0.1) is 5.92 Å². The maximum Gasteiger partial charge on any atom is 0.310 e. The fraction of sp³-hybridized carbons (Fsp3) is 0.438. The molecule has 0 aliphatic carbocycles. The third-order valence-electron chi connectivity index (χ3n) is 2.84. The molecule has 0 aromatic heterocycles. The number of carbonyl (C=O) groups is 1. The molecule has 20 heavy (non-hydrogen) atoms. The summed E-state index contributed by atoms with van der Waals surface area (Å²) >= 11 is 0. The smallest absolute Gasteiger partial charge is 0.310 e. The molecule has 1 N–H and O–H groups in total. The zero-order valence-corrected chi connectivity index (χ0v) is 13.5. The maximum absolute atomic E-state index is 11.2. The Morgan fingerprint density at radius 1 is 1.30 bits per heavy atom. The molecular formula is C16H24O3Si. The van der Waals surface area contributed by atoms with E-state index < -0.39 is 14.0 Å². The number of hydrogen-bond donors (Lipinski definition) is 1. The summed E-state index contributed by atoms with van der Waals surface area (Å²) in [5.41, 5.74) is 1.12. The van der Waals surface area contributed by atoms with Crippen molar-refractivity contribution < 1.29 is 14.6 Å². The molecule has 1 rings (SSSR count). The molecular weight excluding hydrogens is 268 g/mol. The predicted molar refractivity (Wildman–Crippen MR) is 84.5 cm³/mol. The first kappa shape index (κ1) is 16.7. The minimum absolute atomic E-state index is 0.387. The highest BCUT2D eigenvalue weighted by atomic mass is 28.3. The summed E-state index contributed by atoms with van der Waals surface area (Å²) < 4.78 is 5.51. The van der Waals surface area contributed by atoms with E-state index in [1.807, 2.05) is 36.4 Å². The quantitative estimate of drug-likeness (QED) is 0.450. The van der Waals surface area contributed by atoms with Crippen LogP contribution in [0.5, 0.6) is 0 Å². The van der Waals surface area contributed by atoms with Gasteiger partial charge in [-0.1, -0.05) is 62.1 Å². The molecule has 0 bridgehead atoms. The highest BCUT2D eigenvalue weighted by molar-refractivity contribution is 6.76. The standard InChI is InChI=1S/C16H24O3Si/c1-20(2,3)13-15(16(17)18)10-7-11-19-12-14-8-5-4-6-9-14/h4-10,15H,11-13H2,1-3H3,(H,17,18)/b10-7-/t15-/m1/s1. The van der Waals surface area contributed by atoms with Gasteiger partial charge in [0.2, 0.25) is 0 Å².